The summed E-state index contributed by atoms with van der Waals surface area (Å²) in [5.74, 6) is 0.751. The standard InChI is InChI=1S/C10H14N6OS/c1-6-8(9(7(2)17)12-11-6)4-5-18-10(3)13-15-16-14-10/h4-5H2,1-3H3,(H,11,12). The molecule has 1 N–H and O–H groups in total. The molecule has 2 rings (SSSR count). The van der Waals surface area contributed by atoms with Crippen molar-refractivity contribution in [2.75, 3.05) is 5.75 Å². The van der Waals surface area contributed by atoms with Crippen LogP contribution in [0.1, 0.15) is 35.6 Å². The smallest absolute Gasteiger partial charge is 0.237 e. The Kier molecular flexibility index (Phi) is 3.55. The van der Waals surface area contributed by atoms with Crippen LogP contribution in [0.5, 0.6) is 0 Å². The molecule has 0 fully saturated rings. The Morgan fingerprint density at radius 3 is 2.67 bits per heavy atom. The maximum Gasteiger partial charge on any atom is 0.237 e. The highest BCUT2D eigenvalue weighted by atomic mass is 32.2. The average Bonchev–Trinajstić information content (AvgIpc) is 2.87. The van der Waals surface area contributed by atoms with Crippen LogP contribution in [0.25, 0.3) is 0 Å². The lowest BCUT2D eigenvalue weighted by atomic mass is 10.1. The number of hydrogen-bond donors (Lipinski definition) is 1. The normalized spacial score (nSPS) is 16.4. The second kappa shape index (κ2) is 4.97. The molecular formula is C10H14N6OS. The van der Waals surface area contributed by atoms with Crippen LogP contribution >= 0.6 is 11.8 Å². The highest BCUT2D eigenvalue weighted by Gasteiger charge is 2.27. The van der Waals surface area contributed by atoms with E-state index in [1.165, 1.54) is 18.7 Å². The number of aryl methyl sites for hydroxylation is 1. The molecule has 0 radical (unpaired) electrons. The number of aromatic amines is 1. The van der Waals surface area contributed by atoms with E-state index in [-0.39, 0.29) is 5.78 Å². The maximum absolute atomic E-state index is 11.4. The lowest BCUT2D eigenvalue weighted by Gasteiger charge is -2.12. The highest BCUT2D eigenvalue weighted by molar-refractivity contribution is 8.00. The predicted molar refractivity (Wildman–Crippen MR) is 67.6 cm³/mol. The van der Waals surface area contributed by atoms with Crippen LogP contribution in [0.2, 0.25) is 0 Å². The minimum absolute atomic E-state index is 0.0224. The van der Waals surface area contributed by atoms with Crippen molar-refractivity contribution in [3.8, 4) is 0 Å². The first-order valence-electron chi connectivity index (χ1n) is 5.54. The summed E-state index contributed by atoms with van der Waals surface area (Å²) >= 11 is 1.54. The third-order valence-corrected chi connectivity index (χ3v) is 3.75. The lowest BCUT2D eigenvalue weighted by Crippen LogP contribution is -2.11. The molecule has 18 heavy (non-hydrogen) atoms. The fourth-order valence-corrected chi connectivity index (χ4v) is 2.56. The summed E-state index contributed by atoms with van der Waals surface area (Å²) in [5, 5.41) is 21.7. The van der Waals surface area contributed by atoms with Crippen molar-refractivity contribution >= 4 is 17.5 Å². The molecular weight excluding hydrogens is 252 g/mol. The van der Waals surface area contributed by atoms with Crippen LogP contribution in [-0.2, 0) is 6.42 Å². The van der Waals surface area contributed by atoms with Crippen molar-refractivity contribution in [2.24, 2.45) is 20.7 Å². The van der Waals surface area contributed by atoms with Crippen LogP contribution in [-0.4, -0.2) is 26.7 Å². The number of aromatic nitrogens is 2. The lowest BCUT2D eigenvalue weighted by molar-refractivity contribution is 0.101. The second-order valence-electron chi connectivity index (χ2n) is 4.14. The average molecular weight is 266 g/mol. The van der Waals surface area contributed by atoms with Gasteiger partial charge in [0.25, 0.3) is 0 Å². The molecule has 1 aliphatic rings. The number of thioether (sulfide) groups is 1. The van der Waals surface area contributed by atoms with Gasteiger partial charge >= 0.3 is 0 Å². The van der Waals surface area contributed by atoms with Crippen molar-refractivity contribution in [1.29, 1.82) is 0 Å². The fourth-order valence-electron chi connectivity index (χ4n) is 1.68. The molecule has 0 saturated heterocycles. The number of H-pyrrole nitrogens is 1. The first kappa shape index (κ1) is 12.9. The zero-order valence-corrected chi connectivity index (χ0v) is 11.3. The van der Waals surface area contributed by atoms with Gasteiger partial charge in [0.2, 0.25) is 4.99 Å². The molecule has 0 aliphatic carbocycles. The summed E-state index contributed by atoms with van der Waals surface area (Å²) in [6.45, 7) is 5.29. The predicted octanol–water partition coefficient (Wildman–Crippen LogP) is 2.70. The van der Waals surface area contributed by atoms with Gasteiger partial charge < -0.3 is 0 Å². The Labute approximate surface area is 109 Å². The minimum Gasteiger partial charge on any atom is -0.293 e. The summed E-state index contributed by atoms with van der Waals surface area (Å²) in [5.41, 5.74) is 2.42. The summed E-state index contributed by atoms with van der Waals surface area (Å²) in [6, 6.07) is 0. The van der Waals surface area contributed by atoms with Gasteiger partial charge in [0.05, 0.1) is 0 Å². The molecule has 1 aromatic heterocycles. The Balaban J connectivity index is 1.98. The third-order valence-electron chi connectivity index (χ3n) is 2.64. The molecule has 7 nitrogen and oxygen atoms in total. The fraction of sp³-hybridized carbons (Fsp3) is 0.600. The maximum atomic E-state index is 11.4. The van der Waals surface area contributed by atoms with Gasteiger partial charge in [-0.15, -0.1) is 22.0 Å². The third kappa shape index (κ3) is 2.63. The molecule has 0 saturated carbocycles. The van der Waals surface area contributed by atoms with E-state index >= 15 is 0 Å². The summed E-state index contributed by atoms with van der Waals surface area (Å²) in [6.07, 6.45) is 0.739. The monoisotopic (exact) mass is 266 g/mol. The Morgan fingerprint density at radius 2 is 2.06 bits per heavy atom. The van der Waals surface area contributed by atoms with Crippen LogP contribution in [0, 0.1) is 6.92 Å². The van der Waals surface area contributed by atoms with Crippen molar-refractivity contribution < 1.29 is 4.79 Å². The topological polar surface area (TPSA) is 95.2 Å². The van der Waals surface area contributed by atoms with E-state index < -0.39 is 4.99 Å². The SMILES string of the molecule is CC(=O)c1n[nH]c(C)c1CCSC1(C)N=NN=N1. The van der Waals surface area contributed by atoms with Crippen LogP contribution < -0.4 is 0 Å². The van der Waals surface area contributed by atoms with Crippen molar-refractivity contribution in [2.45, 2.75) is 32.2 Å². The number of nitrogens with one attached hydrogen (secondary N) is 1. The van der Waals surface area contributed by atoms with Gasteiger partial charge in [0, 0.05) is 23.9 Å². The molecule has 0 bridgehead atoms. The van der Waals surface area contributed by atoms with E-state index in [0.29, 0.717) is 5.69 Å². The van der Waals surface area contributed by atoms with Crippen molar-refractivity contribution in [3.63, 3.8) is 0 Å². The molecule has 0 spiro atoms. The number of hydrogen-bond acceptors (Lipinski definition) is 7. The number of carbonyl (C=O) groups is 1. The molecule has 8 heteroatoms. The molecule has 0 aromatic carbocycles. The molecule has 0 unspecified atom stereocenters. The Bertz CT molecular complexity index is 508. The first-order valence-corrected chi connectivity index (χ1v) is 6.53. The zero-order chi connectivity index (χ0) is 13.2. The van der Waals surface area contributed by atoms with E-state index in [2.05, 4.69) is 30.9 Å². The summed E-state index contributed by atoms with van der Waals surface area (Å²) in [4.78, 5) is 10.8. The molecule has 0 amide bonds. The number of nitrogens with zero attached hydrogens (tertiary/aromatic N) is 5. The van der Waals surface area contributed by atoms with E-state index in [0.717, 1.165) is 23.4 Å². The van der Waals surface area contributed by atoms with E-state index in [4.69, 9.17) is 0 Å². The largest absolute Gasteiger partial charge is 0.293 e. The van der Waals surface area contributed by atoms with Gasteiger partial charge in [-0.2, -0.15) is 5.10 Å². The first-order chi connectivity index (χ1) is 8.52. The number of carbonyl (C=O) groups excluding carboxylic acids is 1. The quantitative estimate of drug-likeness (QED) is 0.830. The number of ketones is 1. The van der Waals surface area contributed by atoms with Gasteiger partial charge in [0.1, 0.15) is 5.69 Å². The van der Waals surface area contributed by atoms with E-state index in [1.54, 1.807) is 0 Å². The van der Waals surface area contributed by atoms with E-state index in [1.807, 2.05) is 13.8 Å². The van der Waals surface area contributed by atoms with Gasteiger partial charge in [-0.05, 0) is 30.7 Å². The molecule has 0 atom stereocenters. The highest BCUT2D eigenvalue weighted by Crippen LogP contribution is 2.33. The van der Waals surface area contributed by atoms with Gasteiger partial charge in [-0.1, -0.05) is 0 Å². The van der Waals surface area contributed by atoms with Crippen LogP contribution in [0.3, 0.4) is 0 Å². The van der Waals surface area contributed by atoms with Crippen LogP contribution in [0.15, 0.2) is 20.7 Å². The molecule has 2 heterocycles. The van der Waals surface area contributed by atoms with Gasteiger partial charge in [-0.25, -0.2) is 0 Å². The summed E-state index contributed by atoms with van der Waals surface area (Å²) in [7, 11) is 0. The van der Waals surface area contributed by atoms with Crippen molar-refractivity contribution in [1.82, 2.24) is 10.2 Å². The number of rotatable bonds is 5. The van der Waals surface area contributed by atoms with Gasteiger partial charge in [0.15, 0.2) is 5.78 Å². The molecule has 1 aliphatic heterocycles. The zero-order valence-electron chi connectivity index (χ0n) is 10.5. The Hall–Kier alpha value is -1.57. The molecule has 1 aromatic rings. The second-order valence-corrected chi connectivity index (χ2v) is 5.61. The van der Waals surface area contributed by atoms with Gasteiger partial charge in [-0.3, -0.25) is 9.89 Å². The Morgan fingerprint density at radius 1 is 1.39 bits per heavy atom. The van der Waals surface area contributed by atoms with Crippen LogP contribution in [0.4, 0.5) is 0 Å². The minimum atomic E-state index is -0.617. The number of Topliss-reactive ketones (excluding diaryl/α,β-unsaturated/α-hetero) is 1. The molecule has 96 valence electrons. The summed E-state index contributed by atoms with van der Waals surface area (Å²) < 4.78 is 0. The van der Waals surface area contributed by atoms with Crippen molar-refractivity contribution in [3.05, 3.63) is 17.0 Å². The van der Waals surface area contributed by atoms with E-state index in [9.17, 15) is 4.79 Å².